The van der Waals surface area contributed by atoms with Crippen molar-refractivity contribution in [3.05, 3.63) is 0 Å². The Hall–Kier alpha value is -0.240. The molecule has 0 radical (unpaired) electrons. The van der Waals surface area contributed by atoms with Crippen LogP contribution in [0.5, 0.6) is 0 Å². The fourth-order valence-electron chi connectivity index (χ4n) is 2.46. The number of aliphatic hydroxyl groups is 5. The zero-order valence-corrected chi connectivity index (χ0v) is 7.56. The highest BCUT2D eigenvalue weighted by Crippen LogP contribution is 2.33. The van der Waals surface area contributed by atoms with E-state index >= 15 is 0 Å². The molecule has 2 heterocycles. The minimum Gasteiger partial charge on any atom is -0.395 e. The van der Waals surface area contributed by atoms with Crippen LogP contribution in [0.25, 0.3) is 0 Å². The van der Waals surface area contributed by atoms with Crippen molar-refractivity contribution in [2.24, 2.45) is 0 Å². The Balaban J connectivity index is 2.21. The van der Waals surface area contributed by atoms with E-state index in [0.29, 0.717) is 0 Å². The maximum Gasteiger partial charge on any atom is 0.0996 e. The average Bonchev–Trinajstić information content (AvgIpc) is 2.54. The Bertz CT molecular complexity index is 226. The number of fused-ring (bicyclic) bond motifs is 1. The van der Waals surface area contributed by atoms with Gasteiger partial charge in [0.05, 0.1) is 43.1 Å². The molecule has 5 N–H and O–H groups in total. The topological polar surface area (TPSA) is 104 Å². The number of aliphatic hydroxyl groups excluding tert-OH is 5. The first kappa shape index (κ1) is 10.3. The van der Waals surface area contributed by atoms with E-state index in [1.54, 1.807) is 4.90 Å². The summed E-state index contributed by atoms with van der Waals surface area (Å²) < 4.78 is 0. The summed E-state index contributed by atoms with van der Waals surface area (Å²) in [5.41, 5.74) is 0. The van der Waals surface area contributed by atoms with Crippen LogP contribution in [0.15, 0.2) is 0 Å². The van der Waals surface area contributed by atoms with Crippen LogP contribution in [-0.2, 0) is 0 Å². The van der Waals surface area contributed by atoms with Gasteiger partial charge in [-0.3, -0.25) is 4.90 Å². The maximum absolute atomic E-state index is 9.58. The SMILES string of the molecule is OC[C@@H]1[C@H](O)[C@@H](O)C2[C@@H](O)[C@H](O)CN21. The Labute approximate surface area is 81.0 Å². The molecule has 82 valence electrons. The lowest BCUT2D eigenvalue weighted by molar-refractivity contribution is -0.0268. The van der Waals surface area contributed by atoms with E-state index in [9.17, 15) is 20.4 Å². The summed E-state index contributed by atoms with van der Waals surface area (Å²) in [6.45, 7) is -0.126. The largest absolute Gasteiger partial charge is 0.395 e. The van der Waals surface area contributed by atoms with Crippen LogP contribution in [0.1, 0.15) is 0 Å². The summed E-state index contributed by atoms with van der Waals surface area (Å²) in [5, 5.41) is 47.0. The van der Waals surface area contributed by atoms with Crippen molar-refractivity contribution in [1.29, 1.82) is 0 Å². The molecule has 14 heavy (non-hydrogen) atoms. The molecule has 2 fully saturated rings. The maximum atomic E-state index is 9.58. The van der Waals surface area contributed by atoms with Gasteiger partial charge in [0.25, 0.3) is 0 Å². The molecule has 6 nitrogen and oxygen atoms in total. The van der Waals surface area contributed by atoms with E-state index < -0.39 is 36.5 Å². The van der Waals surface area contributed by atoms with Gasteiger partial charge in [0.15, 0.2) is 0 Å². The second-order valence-electron chi connectivity index (χ2n) is 3.98. The first-order valence-corrected chi connectivity index (χ1v) is 4.66. The zero-order valence-electron chi connectivity index (χ0n) is 7.56. The van der Waals surface area contributed by atoms with Crippen LogP contribution in [-0.4, -0.2) is 80.1 Å². The van der Waals surface area contributed by atoms with Gasteiger partial charge in [-0.05, 0) is 0 Å². The minimum absolute atomic E-state index is 0.172. The fourth-order valence-corrected chi connectivity index (χ4v) is 2.46. The van der Waals surface area contributed by atoms with E-state index in [2.05, 4.69) is 0 Å². The van der Waals surface area contributed by atoms with Gasteiger partial charge in [-0.25, -0.2) is 0 Å². The Kier molecular flexibility index (Phi) is 2.50. The molecule has 0 aromatic rings. The zero-order chi connectivity index (χ0) is 10.5. The average molecular weight is 205 g/mol. The van der Waals surface area contributed by atoms with Crippen LogP contribution in [0.3, 0.4) is 0 Å². The van der Waals surface area contributed by atoms with Gasteiger partial charge in [-0.15, -0.1) is 0 Å². The van der Waals surface area contributed by atoms with Crippen LogP contribution in [0, 0.1) is 0 Å². The highest BCUT2D eigenvalue weighted by atomic mass is 16.4. The van der Waals surface area contributed by atoms with Crippen LogP contribution >= 0.6 is 0 Å². The molecule has 2 rings (SSSR count). The molecular formula is C8H15NO5. The van der Waals surface area contributed by atoms with Crippen molar-refractivity contribution in [2.75, 3.05) is 13.2 Å². The highest BCUT2D eigenvalue weighted by Gasteiger charge is 2.56. The van der Waals surface area contributed by atoms with Gasteiger partial charge in [-0.2, -0.15) is 0 Å². The third kappa shape index (κ3) is 1.19. The molecule has 0 spiro atoms. The van der Waals surface area contributed by atoms with Crippen molar-refractivity contribution >= 4 is 0 Å². The summed E-state index contributed by atoms with van der Waals surface area (Å²) in [6.07, 6.45) is -4.15. The molecule has 0 bridgehead atoms. The second-order valence-corrected chi connectivity index (χ2v) is 3.98. The third-order valence-corrected chi connectivity index (χ3v) is 3.23. The second kappa shape index (κ2) is 3.41. The molecule has 2 saturated heterocycles. The minimum atomic E-state index is -1.11. The summed E-state index contributed by atoms with van der Waals surface area (Å²) in [6, 6.07) is -1.26. The molecule has 0 saturated carbocycles. The monoisotopic (exact) mass is 205 g/mol. The molecule has 0 aromatic carbocycles. The lowest BCUT2D eigenvalue weighted by atomic mass is 10.0. The smallest absolute Gasteiger partial charge is 0.0996 e. The quantitative estimate of drug-likeness (QED) is 0.304. The first-order chi connectivity index (χ1) is 6.57. The van der Waals surface area contributed by atoms with E-state index in [-0.39, 0.29) is 13.2 Å². The van der Waals surface area contributed by atoms with Crippen molar-refractivity contribution in [3.63, 3.8) is 0 Å². The molecule has 6 atom stereocenters. The highest BCUT2D eigenvalue weighted by molar-refractivity contribution is 5.09. The molecule has 6 heteroatoms. The van der Waals surface area contributed by atoms with Crippen molar-refractivity contribution in [1.82, 2.24) is 4.90 Å². The molecular weight excluding hydrogens is 190 g/mol. The molecule has 0 aliphatic carbocycles. The van der Waals surface area contributed by atoms with Gasteiger partial charge in [0.1, 0.15) is 0 Å². The third-order valence-electron chi connectivity index (χ3n) is 3.23. The standard InChI is InChI=1S/C8H15NO5/c10-2-3-6(12)8(14)5-7(13)4(11)1-9(3)5/h3-8,10-14H,1-2H2/t3-,4-,5?,6+,7+,8+/m1/s1. The van der Waals surface area contributed by atoms with E-state index in [0.717, 1.165) is 0 Å². The normalized spacial score (nSPS) is 53.8. The Morgan fingerprint density at radius 2 is 1.64 bits per heavy atom. The summed E-state index contributed by atoms with van der Waals surface area (Å²) >= 11 is 0. The Morgan fingerprint density at radius 3 is 2.21 bits per heavy atom. The lowest BCUT2D eigenvalue weighted by Crippen LogP contribution is -2.41. The molecule has 1 unspecified atom stereocenters. The van der Waals surface area contributed by atoms with Gasteiger partial charge < -0.3 is 25.5 Å². The molecule has 2 aliphatic heterocycles. The van der Waals surface area contributed by atoms with Crippen molar-refractivity contribution < 1.29 is 25.5 Å². The van der Waals surface area contributed by atoms with Gasteiger partial charge in [-0.1, -0.05) is 0 Å². The van der Waals surface area contributed by atoms with E-state index in [1.165, 1.54) is 0 Å². The predicted octanol–water partition coefficient (Wildman–Crippen LogP) is -3.51. The first-order valence-electron chi connectivity index (χ1n) is 4.66. The molecule has 2 aliphatic rings. The van der Waals surface area contributed by atoms with Crippen LogP contribution < -0.4 is 0 Å². The molecule has 0 aromatic heterocycles. The lowest BCUT2D eigenvalue weighted by Gasteiger charge is -2.22. The van der Waals surface area contributed by atoms with E-state index in [4.69, 9.17) is 5.11 Å². The summed E-state index contributed by atoms with van der Waals surface area (Å²) in [4.78, 5) is 1.56. The van der Waals surface area contributed by atoms with Crippen LogP contribution in [0.2, 0.25) is 0 Å². The van der Waals surface area contributed by atoms with Gasteiger partial charge in [0, 0.05) is 6.54 Å². The number of hydrogen-bond donors (Lipinski definition) is 5. The fraction of sp³-hybridized carbons (Fsp3) is 1.00. The van der Waals surface area contributed by atoms with Crippen LogP contribution in [0.4, 0.5) is 0 Å². The Morgan fingerprint density at radius 1 is 1.00 bits per heavy atom. The van der Waals surface area contributed by atoms with Crippen molar-refractivity contribution in [2.45, 2.75) is 36.5 Å². The predicted molar refractivity (Wildman–Crippen MR) is 45.4 cm³/mol. The number of rotatable bonds is 1. The number of hydrogen-bond acceptors (Lipinski definition) is 6. The van der Waals surface area contributed by atoms with E-state index in [1.807, 2.05) is 0 Å². The summed E-state index contributed by atoms with van der Waals surface area (Å²) in [7, 11) is 0. The van der Waals surface area contributed by atoms with Crippen molar-refractivity contribution in [3.8, 4) is 0 Å². The molecule has 0 amide bonds. The number of nitrogens with zero attached hydrogens (tertiary/aromatic N) is 1. The van der Waals surface area contributed by atoms with Gasteiger partial charge >= 0.3 is 0 Å². The summed E-state index contributed by atoms with van der Waals surface area (Å²) in [5.74, 6) is 0. The van der Waals surface area contributed by atoms with Gasteiger partial charge in [0.2, 0.25) is 0 Å².